The molecule has 1 aromatic carbocycles. The summed E-state index contributed by atoms with van der Waals surface area (Å²) in [7, 11) is 1.83. The Kier molecular flexibility index (Phi) is 5.76. The summed E-state index contributed by atoms with van der Waals surface area (Å²) in [6.45, 7) is 5.85. The number of nitrogens with one attached hydrogen (secondary N) is 1. The van der Waals surface area contributed by atoms with E-state index in [9.17, 15) is 9.50 Å². The molecule has 0 amide bonds. The summed E-state index contributed by atoms with van der Waals surface area (Å²) in [6.07, 6.45) is 1.17. The van der Waals surface area contributed by atoms with Gasteiger partial charge in [0.05, 0.1) is 5.60 Å². The molecule has 0 aliphatic rings. The van der Waals surface area contributed by atoms with Crippen LogP contribution in [0.5, 0.6) is 5.75 Å². The zero-order valence-corrected chi connectivity index (χ0v) is 12.2. The third kappa shape index (κ3) is 4.18. The molecule has 0 fully saturated rings. The Labute approximate surface area is 114 Å². The van der Waals surface area contributed by atoms with Crippen LogP contribution in [0.15, 0.2) is 18.2 Å². The highest BCUT2D eigenvalue weighted by Gasteiger charge is 2.23. The van der Waals surface area contributed by atoms with E-state index in [1.165, 1.54) is 6.07 Å². The van der Waals surface area contributed by atoms with Crippen molar-refractivity contribution in [2.24, 2.45) is 0 Å². The molecule has 108 valence electrons. The monoisotopic (exact) mass is 269 g/mol. The Morgan fingerprint density at radius 2 is 2.00 bits per heavy atom. The summed E-state index contributed by atoms with van der Waals surface area (Å²) in [5.41, 5.74) is -0.0165. The molecule has 0 bridgehead atoms. The van der Waals surface area contributed by atoms with E-state index in [4.69, 9.17) is 4.74 Å². The van der Waals surface area contributed by atoms with E-state index in [1.54, 1.807) is 6.07 Å². The fraction of sp³-hybridized carbons (Fsp3) is 0.600. The van der Waals surface area contributed by atoms with Gasteiger partial charge in [-0.25, -0.2) is 4.39 Å². The first kappa shape index (κ1) is 15.9. The smallest absolute Gasteiger partial charge is 0.165 e. The minimum atomic E-state index is -0.886. The van der Waals surface area contributed by atoms with Crippen molar-refractivity contribution in [1.82, 2.24) is 5.32 Å². The van der Waals surface area contributed by atoms with Gasteiger partial charge >= 0.3 is 0 Å². The fourth-order valence-electron chi connectivity index (χ4n) is 1.74. The van der Waals surface area contributed by atoms with Crippen LogP contribution in [0.3, 0.4) is 0 Å². The number of benzene rings is 1. The molecule has 0 radical (unpaired) electrons. The maximum Gasteiger partial charge on any atom is 0.165 e. The summed E-state index contributed by atoms with van der Waals surface area (Å²) in [6, 6.07) is 5.00. The van der Waals surface area contributed by atoms with E-state index in [1.807, 2.05) is 33.9 Å². The average Bonchev–Trinajstić information content (AvgIpc) is 2.44. The highest BCUT2D eigenvalue weighted by atomic mass is 19.1. The SMILES string of the molecule is CCC(O)(CC)COc1ccc(C(C)NC)cc1F. The zero-order chi connectivity index (χ0) is 14.5. The van der Waals surface area contributed by atoms with Gasteiger partial charge in [-0.05, 0) is 44.5 Å². The molecule has 0 aliphatic carbocycles. The molecule has 1 rings (SSSR count). The van der Waals surface area contributed by atoms with Crippen LogP contribution >= 0.6 is 0 Å². The molecule has 2 N–H and O–H groups in total. The van der Waals surface area contributed by atoms with Crippen molar-refractivity contribution in [3.05, 3.63) is 29.6 Å². The summed E-state index contributed by atoms with van der Waals surface area (Å²) < 4.78 is 19.3. The number of hydrogen-bond donors (Lipinski definition) is 2. The number of rotatable bonds is 7. The van der Waals surface area contributed by atoms with Crippen LogP contribution in [0, 0.1) is 5.82 Å². The summed E-state index contributed by atoms with van der Waals surface area (Å²) in [4.78, 5) is 0. The van der Waals surface area contributed by atoms with Crippen LogP contribution in [0.25, 0.3) is 0 Å². The highest BCUT2D eigenvalue weighted by molar-refractivity contribution is 5.31. The molecule has 0 heterocycles. The lowest BCUT2D eigenvalue weighted by Crippen LogP contribution is -2.34. The van der Waals surface area contributed by atoms with Crippen molar-refractivity contribution in [2.45, 2.75) is 45.3 Å². The van der Waals surface area contributed by atoms with E-state index >= 15 is 0 Å². The Bertz CT molecular complexity index is 405. The number of halogens is 1. The quantitative estimate of drug-likeness (QED) is 0.799. The van der Waals surface area contributed by atoms with E-state index in [2.05, 4.69) is 5.32 Å². The molecule has 1 atom stereocenters. The van der Waals surface area contributed by atoms with Gasteiger partial charge < -0.3 is 15.2 Å². The maximum absolute atomic E-state index is 13.9. The Hall–Kier alpha value is -1.13. The second kappa shape index (κ2) is 6.87. The first-order chi connectivity index (χ1) is 8.95. The highest BCUT2D eigenvalue weighted by Crippen LogP contribution is 2.24. The molecule has 0 spiro atoms. The molecule has 1 unspecified atom stereocenters. The largest absolute Gasteiger partial charge is 0.488 e. The summed E-state index contributed by atoms with van der Waals surface area (Å²) in [5.74, 6) is -0.207. The van der Waals surface area contributed by atoms with Crippen LogP contribution in [0.4, 0.5) is 4.39 Å². The van der Waals surface area contributed by atoms with E-state index in [0.29, 0.717) is 12.8 Å². The molecule has 1 aromatic rings. The lowest BCUT2D eigenvalue weighted by atomic mass is 9.99. The Morgan fingerprint density at radius 1 is 1.37 bits per heavy atom. The number of hydrogen-bond acceptors (Lipinski definition) is 3. The van der Waals surface area contributed by atoms with Gasteiger partial charge in [-0.15, -0.1) is 0 Å². The maximum atomic E-state index is 13.9. The first-order valence-electron chi connectivity index (χ1n) is 6.77. The van der Waals surface area contributed by atoms with Gasteiger partial charge in [-0.3, -0.25) is 0 Å². The Balaban J connectivity index is 2.75. The average molecular weight is 269 g/mol. The zero-order valence-electron chi connectivity index (χ0n) is 12.2. The van der Waals surface area contributed by atoms with Gasteiger partial charge in [0.25, 0.3) is 0 Å². The van der Waals surface area contributed by atoms with Crippen LogP contribution in [0.2, 0.25) is 0 Å². The standard InChI is InChI=1S/C15H24FNO2/c1-5-15(18,6-2)10-19-14-8-7-12(9-13(14)16)11(3)17-4/h7-9,11,17-18H,5-6,10H2,1-4H3. The van der Waals surface area contributed by atoms with Crippen molar-refractivity contribution in [1.29, 1.82) is 0 Å². The van der Waals surface area contributed by atoms with Gasteiger partial charge in [-0.1, -0.05) is 19.9 Å². The predicted octanol–water partition coefficient (Wildman–Crippen LogP) is 3.04. The fourth-order valence-corrected chi connectivity index (χ4v) is 1.74. The number of aliphatic hydroxyl groups is 1. The van der Waals surface area contributed by atoms with Gasteiger partial charge in [-0.2, -0.15) is 0 Å². The molecule has 0 saturated carbocycles. The van der Waals surface area contributed by atoms with E-state index in [0.717, 1.165) is 5.56 Å². The predicted molar refractivity (Wildman–Crippen MR) is 74.9 cm³/mol. The van der Waals surface area contributed by atoms with Gasteiger partial charge in [0.2, 0.25) is 0 Å². The van der Waals surface area contributed by atoms with E-state index < -0.39 is 11.4 Å². The van der Waals surface area contributed by atoms with Crippen LogP contribution in [0.1, 0.15) is 45.2 Å². The lowest BCUT2D eigenvalue weighted by molar-refractivity contribution is -0.0123. The molecular formula is C15H24FNO2. The van der Waals surface area contributed by atoms with Gasteiger partial charge in [0.15, 0.2) is 11.6 Å². The third-order valence-corrected chi connectivity index (χ3v) is 3.70. The molecule has 19 heavy (non-hydrogen) atoms. The van der Waals surface area contributed by atoms with Crippen molar-refractivity contribution in [3.63, 3.8) is 0 Å². The van der Waals surface area contributed by atoms with E-state index in [-0.39, 0.29) is 18.4 Å². The molecule has 0 aromatic heterocycles. The number of ether oxygens (including phenoxy) is 1. The third-order valence-electron chi connectivity index (χ3n) is 3.70. The lowest BCUT2D eigenvalue weighted by Gasteiger charge is -2.25. The van der Waals surface area contributed by atoms with Gasteiger partial charge in [0.1, 0.15) is 6.61 Å². The topological polar surface area (TPSA) is 41.5 Å². The van der Waals surface area contributed by atoms with Crippen molar-refractivity contribution < 1.29 is 14.2 Å². The molecule has 0 saturated heterocycles. The van der Waals surface area contributed by atoms with Gasteiger partial charge in [0, 0.05) is 6.04 Å². The normalized spacial score (nSPS) is 13.4. The van der Waals surface area contributed by atoms with Crippen molar-refractivity contribution >= 4 is 0 Å². The summed E-state index contributed by atoms with van der Waals surface area (Å²) in [5, 5.41) is 13.2. The Morgan fingerprint density at radius 3 is 2.47 bits per heavy atom. The summed E-state index contributed by atoms with van der Waals surface area (Å²) >= 11 is 0. The molecular weight excluding hydrogens is 245 g/mol. The molecule has 3 nitrogen and oxygen atoms in total. The minimum Gasteiger partial charge on any atom is -0.488 e. The van der Waals surface area contributed by atoms with Crippen LogP contribution < -0.4 is 10.1 Å². The first-order valence-corrected chi connectivity index (χ1v) is 6.77. The second-order valence-electron chi connectivity index (χ2n) is 4.92. The molecule has 0 aliphatic heterocycles. The van der Waals surface area contributed by atoms with Crippen molar-refractivity contribution in [2.75, 3.05) is 13.7 Å². The van der Waals surface area contributed by atoms with Crippen LogP contribution in [-0.2, 0) is 0 Å². The minimum absolute atomic E-state index is 0.0896. The van der Waals surface area contributed by atoms with Crippen LogP contribution in [-0.4, -0.2) is 24.4 Å². The second-order valence-corrected chi connectivity index (χ2v) is 4.92. The van der Waals surface area contributed by atoms with Crippen molar-refractivity contribution in [3.8, 4) is 5.75 Å². The molecule has 4 heteroatoms.